The number of benzene rings is 3. The molecule has 0 spiro atoms. The normalized spacial score (nSPS) is 10.7. The lowest BCUT2D eigenvalue weighted by Gasteiger charge is -2.12. The van der Waals surface area contributed by atoms with E-state index in [9.17, 15) is 24.4 Å². The van der Waals surface area contributed by atoms with Gasteiger partial charge in [0.1, 0.15) is 0 Å². The van der Waals surface area contributed by atoms with Gasteiger partial charge in [0.25, 0.3) is 0 Å². The number of esters is 4. The molecule has 5 rings (SSSR count). The van der Waals surface area contributed by atoms with Crippen LogP contribution in [0.15, 0.2) is 117 Å². The molecule has 390 valence electrons. The number of ether oxygens (including phenoxy) is 6. The molecule has 15 heteroatoms. The molecule has 2 aromatic heterocycles. The van der Waals surface area contributed by atoms with Gasteiger partial charge in [-0.1, -0.05) is 140 Å². The average molecular weight is 1010 g/mol. The van der Waals surface area contributed by atoms with E-state index >= 15 is 0 Å². The van der Waals surface area contributed by atoms with Gasteiger partial charge in [0.2, 0.25) is 0 Å². The highest BCUT2D eigenvalue weighted by atomic mass is 16.6. The van der Waals surface area contributed by atoms with Gasteiger partial charge >= 0.3 is 23.9 Å². The first-order chi connectivity index (χ1) is 36.3. The fraction of sp³-hybridized carbons (Fsp3) is 0.407. The SMILES string of the molecule is C=CC(=O)OCCCCCCCCCCCCOc1cnc(-c2ccc(C(=O)Oc3ccc(C#N)cc3OC(=O)c3ccc(-c4ncc(OCCCCCCCCCCCCOC(=O)C=C)cn4)cc3)cc2)nc1. The lowest BCUT2D eigenvalue weighted by Crippen LogP contribution is -2.13. The molecule has 0 amide bonds. The van der Waals surface area contributed by atoms with E-state index in [2.05, 4.69) is 33.1 Å². The Bertz CT molecular complexity index is 2540. The van der Waals surface area contributed by atoms with Crippen molar-refractivity contribution in [2.24, 2.45) is 0 Å². The summed E-state index contributed by atoms with van der Waals surface area (Å²) in [6.07, 6.45) is 31.2. The van der Waals surface area contributed by atoms with Crippen LogP contribution in [-0.4, -0.2) is 70.2 Å². The molecular formula is C59H69N5O10. The minimum absolute atomic E-state index is 0.0374. The summed E-state index contributed by atoms with van der Waals surface area (Å²) in [6, 6.07) is 19.4. The Kier molecular flexibility index (Phi) is 26.1. The summed E-state index contributed by atoms with van der Waals surface area (Å²) in [5.41, 5.74) is 2.03. The third-order valence-corrected chi connectivity index (χ3v) is 11.9. The Labute approximate surface area is 435 Å². The van der Waals surface area contributed by atoms with E-state index in [0.29, 0.717) is 60.7 Å². The monoisotopic (exact) mass is 1010 g/mol. The second-order valence-corrected chi connectivity index (χ2v) is 17.7. The molecule has 3 aromatic carbocycles. The van der Waals surface area contributed by atoms with E-state index < -0.39 is 11.9 Å². The molecule has 0 fully saturated rings. The van der Waals surface area contributed by atoms with Crippen molar-refractivity contribution in [1.82, 2.24) is 19.9 Å². The zero-order valence-corrected chi connectivity index (χ0v) is 42.5. The van der Waals surface area contributed by atoms with E-state index in [0.717, 1.165) is 77.0 Å². The summed E-state index contributed by atoms with van der Waals surface area (Å²) >= 11 is 0. The first-order valence-corrected chi connectivity index (χ1v) is 25.9. The van der Waals surface area contributed by atoms with Crippen LogP contribution in [0.25, 0.3) is 22.8 Å². The topological polar surface area (TPSA) is 199 Å². The molecule has 15 nitrogen and oxygen atoms in total. The van der Waals surface area contributed by atoms with E-state index in [1.807, 2.05) is 6.07 Å². The van der Waals surface area contributed by atoms with E-state index in [-0.39, 0.29) is 40.1 Å². The number of nitrogens with zero attached hydrogens (tertiary/aromatic N) is 5. The van der Waals surface area contributed by atoms with Gasteiger partial charge < -0.3 is 28.4 Å². The number of carbonyl (C=O) groups excluding carboxylic acids is 4. The number of hydrogen-bond donors (Lipinski definition) is 0. The van der Waals surface area contributed by atoms with Crippen molar-refractivity contribution in [3.8, 4) is 51.8 Å². The van der Waals surface area contributed by atoms with Crippen molar-refractivity contribution >= 4 is 23.9 Å². The van der Waals surface area contributed by atoms with Crippen molar-refractivity contribution in [3.63, 3.8) is 0 Å². The fourth-order valence-electron chi connectivity index (χ4n) is 7.73. The number of aromatic nitrogens is 4. The lowest BCUT2D eigenvalue weighted by molar-refractivity contribution is -0.138. The Balaban J connectivity index is 0.976. The van der Waals surface area contributed by atoms with Gasteiger partial charge in [-0.3, -0.25) is 0 Å². The van der Waals surface area contributed by atoms with E-state index in [4.69, 9.17) is 28.4 Å². The van der Waals surface area contributed by atoms with Crippen molar-refractivity contribution in [1.29, 1.82) is 5.26 Å². The van der Waals surface area contributed by atoms with Crippen LogP contribution in [0.5, 0.6) is 23.0 Å². The van der Waals surface area contributed by atoms with Crippen LogP contribution in [0.2, 0.25) is 0 Å². The lowest BCUT2D eigenvalue weighted by atomic mass is 10.1. The van der Waals surface area contributed by atoms with Crippen molar-refractivity contribution in [3.05, 3.63) is 134 Å². The number of nitriles is 1. The highest BCUT2D eigenvalue weighted by Crippen LogP contribution is 2.31. The second kappa shape index (κ2) is 33.8. The minimum atomic E-state index is -0.722. The maximum absolute atomic E-state index is 13.3. The quantitative estimate of drug-likeness (QED) is 0.0159. The molecule has 0 N–H and O–H groups in total. The molecule has 0 saturated carbocycles. The molecule has 0 atom stereocenters. The predicted molar refractivity (Wildman–Crippen MR) is 282 cm³/mol. The van der Waals surface area contributed by atoms with Gasteiger partial charge in [-0.25, -0.2) is 39.1 Å². The first-order valence-electron chi connectivity index (χ1n) is 25.9. The molecule has 0 unspecified atom stereocenters. The van der Waals surface area contributed by atoms with Gasteiger partial charge in [-0.15, -0.1) is 0 Å². The fourth-order valence-corrected chi connectivity index (χ4v) is 7.73. The molecule has 0 aliphatic carbocycles. The van der Waals surface area contributed by atoms with Crippen LogP contribution < -0.4 is 18.9 Å². The van der Waals surface area contributed by atoms with Crippen LogP contribution in [0.3, 0.4) is 0 Å². The summed E-state index contributed by atoms with van der Waals surface area (Å²) < 4.78 is 33.1. The zero-order chi connectivity index (χ0) is 52.4. The zero-order valence-electron chi connectivity index (χ0n) is 42.5. The molecule has 0 radical (unpaired) electrons. The van der Waals surface area contributed by atoms with Gasteiger partial charge in [0, 0.05) is 29.3 Å². The van der Waals surface area contributed by atoms with Crippen molar-refractivity contribution in [2.45, 2.75) is 128 Å². The molecule has 74 heavy (non-hydrogen) atoms. The highest BCUT2D eigenvalue weighted by Gasteiger charge is 2.18. The standard InChI is InChI=1S/C59H69N5O10/c1-3-54(65)71-37-23-19-15-11-7-5-9-13-17-21-35-69-50-41-61-56(62-42-50)46-26-30-48(31-27-46)58(67)73-52-34-25-45(40-60)39-53(52)74-59(68)49-32-28-47(29-33-49)57-63-43-51(44-64-57)70-36-22-18-14-10-6-8-12-16-20-24-38-72-55(66)4-2/h3-4,25-34,39,41-44H,1-2,5-24,35-38H2. The summed E-state index contributed by atoms with van der Waals surface area (Å²) in [4.78, 5) is 66.5. The first kappa shape index (κ1) is 57.2. The molecule has 5 aromatic rings. The average Bonchev–Trinajstić information content (AvgIpc) is 3.43. The maximum atomic E-state index is 13.3. The van der Waals surface area contributed by atoms with Gasteiger partial charge in [0.05, 0.1) is 74.0 Å². The van der Waals surface area contributed by atoms with Crippen LogP contribution in [-0.2, 0) is 19.1 Å². The van der Waals surface area contributed by atoms with Crippen LogP contribution in [0, 0.1) is 11.3 Å². The minimum Gasteiger partial charge on any atom is -0.490 e. The van der Waals surface area contributed by atoms with Crippen molar-refractivity contribution in [2.75, 3.05) is 26.4 Å². The highest BCUT2D eigenvalue weighted by molar-refractivity contribution is 5.94. The van der Waals surface area contributed by atoms with Crippen LogP contribution >= 0.6 is 0 Å². The molecule has 0 saturated heterocycles. The summed E-state index contributed by atoms with van der Waals surface area (Å²) in [7, 11) is 0. The van der Waals surface area contributed by atoms with Crippen LogP contribution in [0.4, 0.5) is 0 Å². The van der Waals surface area contributed by atoms with Crippen molar-refractivity contribution < 1.29 is 47.6 Å². The molecule has 0 aliphatic rings. The Hall–Kier alpha value is -7.73. The molecule has 0 aliphatic heterocycles. The van der Waals surface area contributed by atoms with E-state index in [1.165, 1.54) is 81.7 Å². The number of rotatable bonds is 36. The Morgan fingerprint density at radius 2 is 0.784 bits per heavy atom. The third-order valence-electron chi connectivity index (χ3n) is 11.9. The summed E-state index contributed by atoms with van der Waals surface area (Å²) in [5.74, 6) is -0.183. The number of unbranched alkanes of at least 4 members (excludes halogenated alkanes) is 18. The molecule has 0 bridgehead atoms. The smallest absolute Gasteiger partial charge is 0.343 e. The Morgan fingerprint density at radius 1 is 0.446 bits per heavy atom. The largest absolute Gasteiger partial charge is 0.490 e. The van der Waals surface area contributed by atoms with E-state index in [1.54, 1.807) is 73.3 Å². The number of carbonyl (C=O) groups is 4. The van der Waals surface area contributed by atoms with Gasteiger partial charge in [-0.2, -0.15) is 5.26 Å². The Morgan fingerprint density at radius 3 is 1.14 bits per heavy atom. The summed E-state index contributed by atoms with van der Waals surface area (Å²) in [6.45, 7) is 8.88. The maximum Gasteiger partial charge on any atom is 0.343 e. The summed E-state index contributed by atoms with van der Waals surface area (Å²) in [5, 5.41) is 9.57. The van der Waals surface area contributed by atoms with Gasteiger partial charge in [-0.05, 0) is 62.1 Å². The van der Waals surface area contributed by atoms with Crippen LogP contribution in [0.1, 0.15) is 155 Å². The number of hydrogen-bond acceptors (Lipinski definition) is 15. The molecule has 2 heterocycles. The van der Waals surface area contributed by atoms with Gasteiger partial charge in [0.15, 0.2) is 34.6 Å². The third kappa shape index (κ3) is 21.5. The second-order valence-electron chi connectivity index (χ2n) is 17.7. The predicted octanol–water partition coefficient (Wildman–Crippen LogP) is 12.9. The molecular weight excluding hydrogens is 939 g/mol.